The summed E-state index contributed by atoms with van der Waals surface area (Å²) in [5, 5.41) is 18.7. The van der Waals surface area contributed by atoms with E-state index in [2.05, 4.69) is 10.3 Å². The molecule has 0 bridgehead atoms. The van der Waals surface area contributed by atoms with E-state index in [0.717, 1.165) is 16.7 Å². The number of carbonyl (C=O) groups is 2. The van der Waals surface area contributed by atoms with Crippen molar-refractivity contribution in [3.05, 3.63) is 84.3 Å². The van der Waals surface area contributed by atoms with Crippen LogP contribution in [0, 0.1) is 6.92 Å². The van der Waals surface area contributed by atoms with E-state index in [1.807, 2.05) is 44.3 Å². The van der Waals surface area contributed by atoms with Gasteiger partial charge in [0, 0.05) is 42.9 Å². The topological polar surface area (TPSA) is 139 Å². The lowest BCUT2D eigenvalue weighted by molar-refractivity contribution is -0.134. The van der Waals surface area contributed by atoms with Crippen LogP contribution in [0.25, 0.3) is 11.3 Å². The zero-order valence-corrected chi connectivity index (χ0v) is 18.3. The molecule has 0 aliphatic rings. The number of nitrogens with zero attached hydrogens (tertiary/aromatic N) is 2. The Morgan fingerprint density at radius 1 is 1.09 bits per heavy atom. The quantitative estimate of drug-likeness (QED) is 0.460. The van der Waals surface area contributed by atoms with Crippen molar-refractivity contribution in [1.29, 1.82) is 0 Å². The molecule has 10 heteroatoms. The molecule has 9 nitrogen and oxygen atoms in total. The molecule has 0 aliphatic heterocycles. The van der Waals surface area contributed by atoms with E-state index < -0.39 is 22.0 Å². The number of nitrogens with one attached hydrogen (secondary N) is 1. The molecule has 2 heterocycles. The van der Waals surface area contributed by atoms with Gasteiger partial charge in [-0.1, -0.05) is 24.3 Å². The standard InChI is InChI=1S/C18H19N3O2S.C4H4O4/c1-14-6-3-4-8-17(14)18-10-15(11-19-2)13-21(18)24(22,23)16-7-5-9-20-12-16;5-3(6)1-2-4(7)8/h3-10,12-13,19H,11H2,1-2H3;1-2H,(H,5,6)(H,7,8). The summed E-state index contributed by atoms with van der Waals surface area (Å²) in [6.07, 6.45) is 5.71. The molecule has 1 aromatic carbocycles. The third kappa shape index (κ3) is 6.37. The summed E-state index contributed by atoms with van der Waals surface area (Å²) in [4.78, 5) is 23.2. The summed E-state index contributed by atoms with van der Waals surface area (Å²) in [6.45, 7) is 2.57. The van der Waals surface area contributed by atoms with Gasteiger partial charge in [0.1, 0.15) is 4.90 Å². The Morgan fingerprint density at radius 2 is 1.75 bits per heavy atom. The molecule has 168 valence electrons. The molecule has 0 saturated carbocycles. The highest BCUT2D eigenvalue weighted by atomic mass is 32.2. The Bertz CT molecular complexity index is 1200. The average Bonchev–Trinajstić information content (AvgIpc) is 3.18. The van der Waals surface area contributed by atoms with Gasteiger partial charge in [-0.05, 0) is 43.3 Å². The van der Waals surface area contributed by atoms with E-state index in [1.165, 1.54) is 10.2 Å². The van der Waals surface area contributed by atoms with Crippen LogP contribution in [0.1, 0.15) is 11.1 Å². The van der Waals surface area contributed by atoms with Crippen LogP contribution in [-0.4, -0.2) is 46.6 Å². The smallest absolute Gasteiger partial charge is 0.328 e. The van der Waals surface area contributed by atoms with Crippen molar-refractivity contribution in [2.45, 2.75) is 18.4 Å². The minimum Gasteiger partial charge on any atom is -0.478 e. The van der Waals surface area contributed by atoms with E-state index >= 15 is 0 Å². The van der Waals surface area contributed by atoms with Crippen molar-refractivity contribution in [3.63, 3.8) is 0 Å². The van der Waals surface area contributed by atoms with Gasteiger partial charge >= 0.3 is 11.9 Å². The van der Waals surface area contributed by atoms with Crippen molar-refractivity contribution in [1.82, 2.24) is 14.3 Å². The first-order chi connectivity index (χ1) is 15.2. The highest BCUT2D eigenvalue weighted by Gasteiger charge is 2.22. The minimum atomic E-state index is -3.71. The molecule has 0 unspecified atom stereocenters. The molecular weight excluding hydrogens is 434 g/mol. The number of rotatable bonds is 7. The van der Waals surface area contributed by atoms with E-state index in [1.54, 1.807) is 24.5 Å². The average molecular weight is 458 g/mol. The van der Waals surface area contributed by atoms with Crippen molar-refractivity contribution in [2.75, 3.05) is 7.05 Å². The molecule has 0 spiro atoms. The molecule has 0 aliphatic carbocycles. The monoisotopic (exact) mass is 457 g/mol. The third-order valence-corrected chi connectivity index (χ3v) is 5.86. The van der Waals surface area contributed by atoms with Crippen molar-refractivity contribution in [2.24, 2.45) is 0 Å². The van der Waals surface area contributed by atoms with Crippen LogP contribution in [0.5, 0.6) is 0 Å². The highest BCUT2D eigenvalue weighted by Crippen LogP contribution is 2.29. The second-order valence-electron chi connectivity index (χ2n) is 6.58. The Morgan fingerprint density at radius 3 is 2.28 bits per heavy atom. The molecule has 0 saturated heterocycles. The zero-order chi connectivity index (χ0) is 23.7. The molecule has 3 N–H and O–H groups in total. The number of aryl methyl sites for hydroxylation is 1. The molecule has 32 heavy (non-hydrogen) atoms. The van der Waals surface area contributed by atoms with Gasteiger partial charge in [-0.3, -0.25) is 4.98 Å². The molecule has 2 aromatic heterocycles. The Labute approximate surface area is 185 Å². The number of hydrogen-bond acceptors (Lipinski definition) is 6. The molecule has 0 atom stereocenters. The van der Waals surface area contributed by atoms with Crippen LogP contribution < -0.4 is 5.32 Å². The van der Waals surface area contributed by atoms with E-state index in [4.69, 9.17) is 10.2 Å². The number of hydrogen-bond donors (Lipinski definition) is 3. The van der Waals surface area contributed by atoms with Crippen LogP contribution in [-0.2, 0) is 26.2 Å². The van der Waals surface area contributed by atoms with Crippen LogP contribution in [0.2, 0.25) is 0 Å². The lowest BCUT2D eigenvalue weighted by Gasteiger charge is -2.12. The van der Waals surface area contributed by atoms with Gasteiger partial charge in [0.05, 0.1) is 5.69 Å². The molecule has 3 aromatic rings. The molecule has 0 radical (unpaired) electrons. The maximum atomic E-state index is 13.1. The second kappa shape index (κ2) is 11.0. The van der Waals surface area contributed by atoms with Gasteiger partial charge in [-0.2, -0.15) is 0 Å². The summed E-state index contributed by atoms with van der Waals surface area (Å²) < 4.78 is 27.5. The van der Waals surface area contributed by atoms with Crippen molar-refractivity contribution in [3.8, 4) is 11.3 Å². The zero-order valence-electron chi connectivity index (χ0n) is 17.5. The van der Waals surface area contributed by atoms with E-state index in [9.17, 15) is 18.0 Å². The van der Waals surface area contributed by atoms with Gasteiger partial charge in [0.2, 0.25) is 0 Å². The van der Waals surface area contributed by atoms with Gasteiger partial charge in [-0.15, -0.1) is 0 Å². The Hall–Kier alpha value is -3.76. The summed E-state index contributed by atoms with van der Waals surface area (Å²) in [6, 6.07) is 12.8. The predicted molar refractivity (Wildman–Crippen MR) is 119 cm³/mol. The number of carboxylic acids is 2. The second-order valence-corrected chi connectivity index (χ2v) is 8.39. The maximum absolute atomic E-state index is 13.1. The number of aliphatic carboxylic acids is 2. The van der Waals surface area contributed by atoms with E-state index in [-0.39, 0.29) is 4.90 Å². The van der Waals surface area contributed by atoms with Gasteiger partial charge in [0.15, 0.2) is 0 Å². The summed E-state index contributed by atoms with van der Waals surface area (Å²) in [5.74, 6) is -2.51. The molecule has 0 fully saturated rings. The van der Waals surface area contributed by atoms with Gasteiger partial charge < -0.3 is 15.5 Å². The fraction of sp³-hybridized carbons (Fsp3) is 0.136. The van der Waals surface area contributed by atoms with Crippen LogP contribution in [0.15, 0.2) is 78.1 Å². The lowest BCUT2D eigenvalue weighted by Crippen LogP contribution is -2.14. The van der Waals surface area contributed by atoms with Crippen molar-refractivity contribution < 1.29 is 28.2 Å². The number of benzene rings is 1. The molecule has 0 amide bonds. The number of aromatic nitrogens is 2. The molecular formula is C22H23N3O6S. The largest absolute Gasteiger partial charge is 0.478 e. The van der Waals surface area contributed by atoms with Gasteiger partial charge in [0.25, 0.3) is 10.0 Å². The maximum Gasteiger partial charge on any atom is 0.328 e. The minimum absolute atomic E-state index is 0.173. The van der Waals surface area contributed by atoms with Crippen LogP contribution in [0.3, 0.4) is 0 Å². The first kappa shape index (κ1) is 24.5. The Kier molecular flexibility index (Phi) is 8.45. The SMILES string of the molecule is CNCc1cc(-c2ccccc2C)n(S(=O)(=O)c2cccnc2)c1.O=C(O)C=CC(=O)O. The van der Waals surface area contributed by atoms with E-state index in [0.29, 0.717) is 24.4 Å². The van der Waals surface area contributed by atoms with Crippen LogP contribution >= 0.6 is 0 Å². The normalized spacial score (nSPS) is 11.1. The third-order valence-electron chi connectivity index (χ3n) is 4.20. The predicted octanol–water partition coefficient (Wildman–Crippen LogP) is 2.53. The van der Waals surface area contributed by atoms with Crippen molar-refractivity contribution >= 4 is 22.0 Å². The van der Waals surface area contributed by atoms with Crippen LogP contribution in [0.4, 0.5) is 0 Å². The summed E-state index contributed by atoms with van der Waals surface area (Å²) in [7, 11) is -1.87. The fourth-order valence-corrected chi connectivity index (χ4v) is 4.16. The van der Waals surface area contributed by atoms with Gasteiger partial charge in [-0.25, -0.2) is 22.0 Å². The first-order valence-electron chi connectivity index (χ1n) is 9.38. The number of pyridine rings is 1. The number of carboxylic acid groups (broad SMARTS) is 2. The molecule has 3 rings (SSSR count). The Balaban J connectivity index is 0.000000390. The summed E-state index contributed by atoms with van der Waals surface area (Å²) in [5.41, 5.74) is 3.48. The highest BCUT2D eigenvalue weighted by molar-refractivity contribution is 7.90. The summed E-state index contributed by atoms with van der Waals surface area (Å²) >= 11 is 0. The fourth-order valence-electron chi connectivity index (χ4n) is 2.81. The first-order valence-corrected chi connectivity index (χ1v) is 10.8. The lowest BCUT2D eigenvalue weighted by atomic mass is 10.1.